The van der Waals surface area contributed by atoms with Crippen LogP contribution in [0.4, 0.5) is 0 Å². The summed E-state index contributed by atoms with van der Waals surface area (Å²) in [6, 6.07) is 9.84. The third-order valence-electron chi connectivity index (χ3n) is 2.58. The van der Waals surface area contributed by atoms with Gasteiger partial charge in [0, 0.05) is 0 Å². The van der Waals surface area contributed by atoms with Crippen LogP contribution < -0.4 is 5.73 Å². The zero-order chi connectivity index (χ0) is 11.8. The minimum atomic E-state index is -0.472. The lowest BCUT2D eigenvalue weighted by molar-refractivity contribution is -0.142. The number of benzene rings is 1. The molecule has 1 aromatic carbocycles. The summed E-state index contributed by atoms with van der Waals surface area (Å²) in [7, 11) is 1.37. The van der Waals surface area contributed by atoms with E-state index in [0.29, 0.717) is 6.42 Å². The van der Waals surface area contributed by atoms with Crippen molar-refractivity contribution in [1.29, 1.82) is 0 Å². The van der Waals surface area contributed by atoms with Gasteiger partial charge in [-0.1, -0.05) is 36.8 Å². The molecule has 0 saturated heterocycles. The molecule has 0 radical (unpaired) electrons. The Balaban J connectivity index is 2.15. The minimum absolute atomic E-state index is 0.320. The number of methoxy groups -OCH3 is 1. The van der Waals surface area contributed by atoms with Gasteiger partial charge in [-0.05, 0) is 24.8 Å². The molecule has 0 heterocycles. The van der Waals surface area contributed by atoms with Crippen LogP contribution in [-0.4, -0.2) is 19.1 Å². The summed E-state index contributed by atoms with van der Waals surface area (Å²) >= 11 is 0. The first-order valence-corrected chi connectivity index (χ1v) is 5.61. The molecule has 88 valence electrons. The molecule has 3 nitrogen and oxygen atoms in total. The molecule has 0 aliphatic rings. The molecule has 0 fully saturated rings. The fourth-order valence-corrected chi connectivity index (χ4v) is 1.61. The number of hydrogen-bond donors (Lipinski definition) is 1. The standard InChI is InChI=1S/C13H19NO2/c1-16-13(15)12(14)10-6-5-9-11-7-3-2-4-8-11/h2-4,7-8,12H,5-6,9-10,14H2,1H3/t12-/m0/s1. The van der Waals surface area contributed by atoms with Crippen LogP contribution in [0.5, 0.6) is 0 Å². The number of unbranched alkanes of at least 4 members (excludes halogenated alkanes) is 1. The molecule has 3 heteroatoms. The van der Waals surface area contributed by atoms with E-state index >= 15 is 0 Å². The molecule has 2 N–H and O–H groups in total. The Morgan fingerprint density at radius 3 is 2.62 bits per heavy atom. The Morgan fingerprint density at radius 2 is 2.00 bits per heavy atom. The van der Waals surface area contributed by atoms with Gasteiger partial charge in [-0.3, -0.25) is 4.79 Å². The topological polar surface area (TPSA) is 52.3 Å². The van der Waals surface area contributed by atoms with E-state index in [-0.39, 0.29) is 5.97 Å². The van der Waals surface area contributed by atoms with Crippen LogP contribution in [0.3, 0.4) is 0 Å². The van der Waals surface area contributed by atoms with Crippen molar-refractivity contribution < 1.29 is 9.53 Å². The van der Waals surface area contributed by atoms with Crippen molar-refractivity contribution in [2.45, 2.75) is 31.7 Å². The van der Waals surface area contributed by atoms with E-state index in [2.05, 4.69) is 16.9 Å². The zero-order valence-electron chi connectivity index (χ0n) is 9.69. The first kappa shape index (κ1) is 12.7. The second kappa shape index (κ2) is 7.01. The Labute approximate surface area is 96.6 Å². The molecular weight excluding hydrogens is 202 g/mol. The van der Waals surface area contributed by atoms with E-state index < -0.39 is 6.04 Å². The van der Waals surface area contributed by atoms with Gasteiger partial charge in [-0.25, -0.2) is 0 Å². The van der Waals surface area contributed by atoms with Crippen LogP contribution in [0.2, 0.25) is 0 Å². The maximum atomic E-state index is 11.0. The SMILES string of the molecule is COC(=O)[C@@H](N)CCCCc1ccccc1. The van der Waals surface area contributed by atoms with Gasteiger partial charge in [0.05, 0.1) is 7.11 Å². The average molecular weight is 221 g/mol. The van der Waals surface area contributed by atoms with Crippen LogP contribution in [0.15, 0.2) is 30.3 Å². The van der Waals surface area contributed by atoms with E-state index in [1.165, 1.54) is 12.7 Å². The largest absolute Gasteiger partial charge is 0.468 e. The first-order chi connectivity index (χ1) is 7.74. The van der Waals surface area contributed by atoms with Gasteiger partial charge in [-0.2, -0.15) is 0 Å². The lowest BCUT2D eigenvalue weighted by Crippen LogP contribution is -2.31. The van der Waals surface area contributed by atoms with Crippen LogP contribution in [-0.2, 0) is 16.0 Å². The molecule has 1 aromatic rings. The fraction of sp³-hybridized carbons (Fsp3) is 0.462. The lowest BCUT2D eigenvalue weighted by Gasteiger charge is -2.08. The van der Waals surface area contributed by atoms with E-state index in [1.54, 1.807) is 0 Å². The van der Waals surface area contributed by atoms with Gasteiger partial charge in [0.15, 0.2) is 0 Å². The third kappa shape index (κ3) is 4.45. The van der Waals surface area contributed by atoms with Gasteiger partial charge < -0.3 is 10.5 Å². The summed E-state index contributed by atoms with van der Waals surface area (Å²) in [4.78, 5) is 11.0. The number of carbonyl (C=O) groups excluding carboxylic acids is 1. The number of ether oxygens (including phenoxy) is 1. The highest BCUT2D eigenvalue weighted by Crippen LogP contribution is 2.07. The smallest absolute Gasteiger partial charge is 0.322 e. The Hall–Kier alpha value is -1.35. The van der Waals surface area contributed by atoms with E-state index in [4.69, 9.17) is 5.73 Å². The monoisotopic (exact) mass is 221 g/mol. The number of rotatable bonds is 6. The average Bonchev–Trinajstić information content (AvgIpc) is 2.34. The molecule has 0 spiro atoms. The number of carbonyl (C=O) groups is 1. The predicted molar refractivity (Wildman–Crippen MR) is 64.0 cm³/mol. The Kier molecular flexibility index (Phi) is 5.57. The van der Waals surface area contributed by atoms with Crippen molar-refractivity contribution in [3.63, 3.8) is 0 Å². The number of aryl methyl sites for hydroxylation is 1. The second-order valence-electron chi connectivity index (χ2n) is 3.86. The van der Waals surface area contributed by atoms with E-state index in [9.17, 15) is 4.79 Å². The quantitative estimate of drug-likeness (QED) is 0.589. The van der Waals surface area contributed by atoms with Crippen molar-refractivity contribution in [3.05, 3.63) is 35.9 Å². The number of nitrogens with two attached hydrogens (primary N) is 1. The summed E-state index contributed by atoms with van der Waals surface area (Å²) < 4.78 is 4.56. The first-order valence-electron chi connectivity index (χ1n) is 5.61. The summed E-state index contributed by atoms with van der Waals surface area (Å²) in [5.41, 5.74) is 6.96. The molecule has 1 rings (SSSR count). The maximum Gasteiger partial charge on any atom is 0.322 e. The zero-order valence-corrected chi connectivity index (χ0v) is 9.69. The van der Waals surface area contributed by atoms with E-state index in [0.717, 1.165) is 19.3 Å². The second-order valence-corrected chi connectivity index (χ2v) is 3.86. The molecule has 0 unspecified atom stereocenters. The van der Waals surface area contributed by atoms with Gasteiger partial charge in [0.2, 0.25) is 0 Å². The lowest BCUT2D eigenvalue weighted by atomic mass is 10.0. The van der Waals surface area contributed by atoms with Gasteiger partial charge in [0.1, 0.15) is 6.04 Å². The highest BCUT2D eigenvalue weighted by molar-refractivity contribution is 5.75. The van der Waals surface area contributed by atoms with Gasteiger partial charge in [-0.15, -0.1) is 0 Å². The van der Waals surface area contributed by atoms with E-state index in [1.807, 2.05) is 18.2 Å². The molecule has 0 aliphatic heterocycles. The van der Waals surface area contributed by atoms with Crippen LogP contribution >= 0.6 is 0 Å². The Bertz CT molecular complexity index is 311. The van der Waals surface area contributed by atoms with Crippen molar-refractivity contribution >= 4 is 5.97 Å². The molecule has 0 aromatic heterocycles. The highest BCUT2D eigenvalue weighted by Gasteiger charge is 2.12. The number of hydrogen-bond acceptors (Lipinski definition) is 3. The molecule has 0 aliphatic carbocycles. The molecule has 0 saturated carbocycles. The van der Waals surface area contributed by atoms with Crippen LogP contribution in [0, 0.1) is 0 Å². The summed E-state index contributed by atoms with van der Waals surface area (Å²) in [5.74, 6) is -0.320. The molecule has 0 bridgehead atoms. The summed E-state index contributed by atoms with van der Waals surface area (Å²) in [5, 5.41) is 0. The molecule has 0 amide bonds. The van der Waals surface area contributed by atoms with Crippen LogP contribution in [0.1, 0.15) is 24.8 Å². The summed E-state index contributed by atoms with van der Waals surface area (Å²) in [6.45, 7) is 0. The summed E-state index contributed by atoms with van der Waals surface area (Å²) in [6.07, 6.45) is 3.73. The van der Waals surface area contributed by atoms with Crippen molar-refractivity contribution in [2.24, 2.45) is 5.73 Å². The maximum absolute atomic E-state index is 11.0. The molecule has 16 heavy (non-hydrogen) atoms. The Morgan fingerprint density at radius 1 is 1.31 bits per heavy atom. The minimum Gasteiger partial charge on any atom is -0.468 e. The predicted octanol–water partition coefficient (Wildman–Crippen LogP) is 1.90. The van der Waals surface area contributed by atoms with Gasteiger partial charge in [0.25, 0.3) is 0 Å². The third-order valence-corrected chi connectivity index (χ3v) is 2.58. The van der Waals surface area contributed by atoms with Crippen molar-refractivity contribution in [1.82, 2.24) is 0 Å². The highest BCUT2D eigenvalue weighted by atomic mass is 16.5. The number of esters is 1. The van der Waals surface area contributed by atoms with Crippen LogP contribution in [0.25, 0.3) is 0 Å². The van der Waals surface area contributed by atoms with Gasteiger partial charge >= 0.3 is 5.97 Å². The normalized spacial score (nSPS) is 12.1. The van der Waals surface area contributed by atoms with Crippen molar-refractivity contribution in [2.75, 3.05) is 7.11 Å². The molecular formula is C13H19NO2. The fourth-order valence-electron chi connectivity index (χ4n) is 1.61. The molecule has 1 atom stereocenters. The van der Waals surface area contributed by atoms with Crippen molar-refractivity contribution in [3.8, 4) is 0 Å².